The van der Waals surface area contributed by atoms with Gasteiger partial charge < -0.3 is 26.4 Å². The third-order valence-corrected chi connectivity index (χ3v) is 7.90. The number of nitrogens with zero attached hydrogens (tertiary/aromatic N) is 2. The maximum atomic E-state index is 13.8. The highest BCUT2D eigenvalue weighted by Gasteiger charge is 2.31. The van der Waals surface area contributed by atoms with Crippen LogP contribution >= 0.6 is 7.29 Å². The molecule has 0 aromatic heterocycles. The Morgan fingerprint density at radius 3 is 2.00 bits per heavy atom. The Kier molecular flexibility index (Phi) is 8.91. The monoisotopic (exact) mass is 485 g/mol. The summed E-state index contributed by atoms with van der Waals surface area (Å²) in [5.41, 5.74) is 1.78. The van der Waals surface area contributed by atoms with Gasteiger partial charge in [0, 0.05) is 35.7 Å². The fourth-order valence-corrected chi connectivity index (χ4v) is 5.99. The zero-order valence-electron chi connectivity index (χ0n) is 18.5. The van der Waals surface area contributed by atoms with Crippen LogP contribution in [0.1, 0.15) is 17.5 Å². The molecule has 8 heteroatoms. The zero-order valence-corrected chi connectivity index (χ0v) is 20.2. The number of morpholine rings is 1. The second kappa shape index (κ2) is 11.7. The van der Waals surface area contributed by atoms with E-state index in [1.54, 1.807) is 11.6 Å². The molecule has 0 atom stereocenters. The van der Waals surface area contributed by atoms with Crippen LogP contribution in [0.25, 0.3) is 11.5 Å². The first kappa shape index (κ1) is 25.2. The van der Waals surface area contributed by atoms with Crippen LogP contribution in [0.15, 0.2) is 72.3 Å². The standard InChI is InChI=1S/C25H29N3O3P.ClH/c26-12-15-28(16-18-30-19-17-28)14-7-13-27-32(29)20-24(22-8-3-1-4-9-22)31-25(21-32)23-10-5-2-6-11-23;/h1-6,8-11,20-21H,7,13-19H2,(H,27,29);1H/q+1;/p-1. The third kappa shape index (κ3) is 6.57. The molecule has 33 heavy (non-hydrogen) atoms. The van der Waals surface area contributed by atoms with E-state index in [9.17, 15) is 9.83 Å². The molecule has 0 amide bonds. The van der Waals surface area contributed by atoms with E-state index in [1.165, 1.54) is 0 Å². The van der Waals surface area contributed by atoms with E-state index >= 15 is 0 Å². The molecule has 2 heterocycles. The average Bonchev–Trinajstić information content (AvgIpc) is 2.84. The van der Waals surface area contributed by atoms with Gasteiger partial charge in [-0.2, -0.15) is 5.26 Å². The Bertz CT molecular complexity index is 1000. The summed E-state index contributed by atoms with van der Waals surface area (Å²) in [5.74, 6) is 4.65. The van der Waals surface area contributed by atoms with Crippen LogP contribution in [-0.4, -0.2) is 50.4 Å². The summed E-state index contributed by atoms with van der Waals surface area (Å²) < 4.78 is 26.2. The maximum Gasteiger partial charge on any atom is 0.198 e. The Morgan fingerprint density at radius 2 is 1.48 bits per heavy atom. The van der Waals surface area contributed by atoms with E-state index < -0.39 is 7.29 Å². The summed E-state index contributed by atoms with van der Waals surface area (Å²) in [5, 5.41) is 12.6. The van der Waals surface area contributed by atoms with Gasteiger partial charge in [-0.25, -0.2) is 0 Å². The largest absolute Gasteiger partial charge is 1.00 e. The van der Waals surface area contributed by atoms with E-state index in [0.717, 1.165) is 41.7 Å². The number of benzene rings is 2. The van der Waals surface area contributed by atoms with Crippen molar-refractivity contribution < 1.29 is 30.9 Å². The molecule has 1 fully saturated rings. The lowest BCUT2D eigenvalue weighted by Crippen LogP contribution is -3.00. The van der Waals surface area contributed by atoms with Crippen LogP contribution in [0.5, 0.6) is 0 Å². The number of ether oxygens (including phenoxy) is 2. The molecule has 6 nitrogen and oxygen atoms in total. The number of nitriles is 1. The van der Waals surface area contributed by atoms with Crippen molar-refractivity contribution in [3.63, 3.8) is 0 Å². The van der Waals surface area contributed by atoms with Gasteiger partial charge >= 0.3 is 0 Å². The highest BCUT2D eigenvalue weighted by molar-refractivity contribution is 7.68. The third-order valence-electron chi connectivity index (χ3n) is 5.95. The first-order chi connectivity index (χ1) is 15.6. The molecule has 1 saturated heterocycles. The number of hydrogen-bond donors (Lipinski definition) is 1. The summed E-state index contributed by atoms with van der Waals surface area (Å²) in [4.78, 5) is 0. The maximum absolute atomic E-state index is 13.8. The molecule has 2 aliphatic rings. The minimum Gasteiger partial charge on any atom is -1.00 e. The average molecular weight is 486 g/mol. The Balaban J connectivity index is 0.00000306. The molecule has 4 rings (SSSR count). The molecule has 0 unspecified atom stereocenters. The van der Waals surface area contributed by atoms with Gasteiger partial charge in [-0.1, -0.05) is 60.7 Å². The summed E-state index contributed by atoms with van der Waals surface area (Å²) >= 11 is 0. The molecular formula is C25H29ClN3O3P. The fraction of sp³-hybridized carbons (Fsp3) is 0.320. The molecule has 2 aromatic carbocycles. The lowest BCUT2D eigenvalue weighted by molar-refractivity contribution is -0.928. The van der Waals surface area contributed by atoms with Gasteiger partial charge in [-0.15, -0.1) is 0 Å². The first-order valence-corrected chi connectivity index (χ1v) is 12.8. The molecule has 0 radical (unpaired) electrons. The molecule has 0 spiro atoms. The molecule has 174 valence electrons. The molecule has 0 bridgehead atoms. The quantitative estimate of drug-likeness (QED) is 0.266. The van der Waals surface area contributed by atoms with E-state index in [-0.39, 0.29) is 12.4 Å². The Labute approximate surface area is 201 Å². The predicted molar refractivity (Wildman–Crippen MR) is 126 cm³/mol. The minimum absolute atomic E-state index is 0. The lowest BCUT2D eigenvalue weighted by Gasteiger charge is -2.39. The number of nitrogens with one attached hydrogen (secondary N) is 1. The second-order valence-corrected chi connectivity index (χ2v) is 10.5. The normalized spacial score (nSPS) is 18.6. The number of halogens is 1. The van der Waals surface area contributed by atoms with Gasteiger partial charge in [0.25, 0.3) is 0 Å². The molecular weight excluding hydrogens is 457 g/mol. The van der Waals surface area contributed by atoms with Crippen LogP contribution in [-0.2, 0) is 14.0 Å². The molecule has 1 N–H and O–H groups in total. The highest BCUT2D eigenvalue weighted by Crippen LogP contribution is 2.53. The van der Waals surface area contributed by atoms with Gasteiger partial charge in [-0.3, -0.25) is 9.65 Å². The van der Waals surface area contributed by atoms with Crippen LogP contribution in [0.3, 0.4) is 0 Å². The summed E-state index contributed by atoms with van der Waals surface area (Å²) in [6.07, 6.45) is 0.829. The van der Waals surface area contributed by atoms with E-state index in [4.69, 9.17) is 9.47 Å². The number of hydrogen-bond acceptors (Lipinski definition) is 4. The minimum atomic E-state index is -2.96. The molecule has 2 aliphatic heterocycles. The number of rotatable bonds is 8. The predicted octanol–water partition coefficient (Wildman–Crippen LogP) is 1.65. The van der Waals surface area contributed by atoms with Crippen LogP contribution in [0, 0.1) is 11.3 Å². The van der Waals surface area contributed by atoms with Crippen molar-refractivity contribution in [2.75, 3.05) is 45.9 Å². The Morgan fingerprint density at radius 1 is 0.939 bits per heavy atom. The topological polar surface area (TPSA) is 71.4 Å². The van der Waals surface area contributed by atoms with Crippen molar-refractivity contribution in [2.24, 2.45) is 0 Å². The molecule has 0 saturated carbocycles. The SMILES string of the molecule is N#CC[N+]1(CCCNP2(=O)C=C(c3ccccc3)OC(c3ccccc3)=C2)CCOCC1.[Cl-]. The van der Waals surface area contributed by atoms with Crippen molar-refractivity contribution in [2.45, 2.75) is 6.42 Å². The Hall–Kier alpha value is -2.39. The van der Waals surface area contributed by atoms with Crippen molar-refractivity contribution in [3.05, 3.63) is 83.4 Å². The molecule has 2 aromatic rings. The van der Waals surface area contributed by atoms with Crippen LogP contribution in [0.4, 0.5) is 0 Å². The van der Waals surface area contributed by atoms with Gasteiger partial charge in [-0.05, 0) is 0 Å². The lowest BCUT2D eigenvalue weighted by atomic mass is 10.2. The van der Waals surface area contributed by atoms with Gasteiger partial charge in [0.2, 0.25) is 0 Å². The smallest absolute Gasteiger partial charge is 0.198 e. The van der Waals surface area contributed by atoms with Crippen LogP contribution < -0.4 is 17.5 Å². The second-order valence-electron chi connectivity index (χ2n) is 8.23. The van der Waals surface area contributed by atoms with Crippen molar-refractivity contribution in [1.29, 1.82) is 5.26 Å². The summed E-state index contributed by atoms with van der Waals surface area (Å²) in [6.45, 7) is 5.05. The zero-order chi connectivity index (χ0) is 22.3. The highest BCUT2D eigenvalue weighted by atomic mass is 35.5. The number of quaternary nitrogens is 1. The van der Waals surface area contributed by atoms with E-state index in [2.05, 4.69) is 11.2 Å². The molecule has 0 aliphatic carbocycles. The van der Waals surface area contributed by atoms with Gasteiger partial charge in [0.1, 0.15) is 30.7 Å². The summed E-state index contributed by atoms with van der Waals surface area (Å²) in [7, 11) is -2.96. The first-order valence-electron chi connectivity index (χ1n) is 11.0. The van der Waals surface area contributed by atoms with Crippen LogP contribution in [0.2, 0.25) is 0 Å². The van der Waals surface area contributed by atoms with Crippen molar-refractivity contribution >= 4 is 18.8 Å². The van der Waals surface area contributed by atoms with E-state index in [1.807, 2.05) is 60.7 Å². The van der Waals surface area contributed by atoms with Crippen molar-refractivity contribution in [3.8, 4) is 6.07 Å². The fourth-order valence-electron chi connectivity index (χ4n) is 4.13. The summed E-state index contributed by atoms with van der Waals surface area (Å²) in [6, 6.07) is 21.8. The van der Waals surface area contributed by atoms with Gasteiger partial charge in [0.05, 0.1) is 19.8 Å². The van der Waals surface area contributed by atoms with Crippen molar-refractivity contribution in [1.82, 2.24) is 5.09 Å². The van der Waals surface area contributed by atoms with Gasteiger partial charge in [0.15, 0.2) is 13.8 Å². The van der Waals surface area contributed by atoms with E-state index in [0.29, 0.717) is 37.8 Å².